The zero-order chi connectivity index (χ0) is 17.0. The summed E-state index contributed by atoms with van der Waals surface area (Å²) in [6, 6.07) is -0.150. The molecule has 0 radical (unpaired) electrons. The van der Waals surface area contributed by atoms with E-state index in [2.05, 4.69) is 22.4 Å². The number of hydrogen-bond acceptors (Lipinski definition) is 7. The van der Waals surface area contributed by atoms with Crippen LogP contribution in [0.1, 0.15) is 31.7 Å². The summed E-state index contributed by atoms with van der Waals surface area (Å²) in [5.74, 6) is 0.643. The Labute approximate surface area is 140 Å². The Morgan fingerprint density at radius 3 is 2.78 bits per heavy atom. The highest BCUT2D eigenvalue weighted by Gasteiger charge is 2.29. The second-order valence-corrected chi connectivity index (χ2v) is 9.06. The van der Waals surface area contributed by atoms with Gasteiger partial charge in [-0.1, -0.05) is 18.7 Å². The Balaban J connectivity index is 1.82. The van der Waals surface area contributed by atoms with E-state index in [-0.39, 0.29) is 35.2 Å². The average molecular weight is 363 g/mol. The van der Waals surface area contributed by atoms with Gasteiger partial charge >= 0.3 is 0 Å². The number of carbonyl (C=O) groups excluding carboxylic acids is 1. The molecule has 8 nitrogen and oxygen atoms in total. The first-order chi connectivity index (χ1) is 10.8. The van der Waals surface area contributed by atoms with Gasteiger partial charge < -0.3 is 14.6 Å². The van der Waals surface area contributed by atoms with E-state index in [1.807, 2.05) is 14.1 Å². The molecule has 23 heavy (non-hydrogen) atoms. The third-order valence-electron chi connectivity index (χ3n) is 3.75. The van der Waals surface area contributed by atoms with Gasteiger partial charge in [-0.3, -0.25) is 4.79 Å². The first-order valence-electron chi connectivity index (χ1n) is 7.56. The number of thioether (sulfide) groups is 1. The number of rotatable bonds is 7. The third-order valence-corrected chi connectivity index (χ3v) is 6.34. The molecule has 2 rings (SSSR count). The van der Waals surface area contributed by atoms with E-state index >= 15 is 0 Å². The summed E-state index contributed by atoms with van der Waals surface area (Å²) < 4.78 is 28.3. The first kappa shape index (κ1) is 18.2. The van der Waals surface area contributed by atoms with E-state index in [1.165, 1.54) is 4.90 Å². The molecule has 0 bridgehead atoms. The largest absolute Gasteiger partial charge is 0.410 e. The molecule has 1 aromatic rings. The van der Waals surface area contributed by atoms with Gasteiger partial charge in [0.25, 0.3) is 11.1 Å². The van der Waals surface area contributed by atoms with Gasteiger partial charge in [0.1, 0.15) is 0 Å². The maximum atomic E-state index is 11.9. The Morgan fingerprint density at radius 1 is 1.48 bits per heavy atom. The van der Waals surface area contributed by atoms with Gasteiger partial charge in [0, 0.05) is 12.5 Å². The Hall–Kier alpha value is -1.13. The van der Waals surface area contributed by atoms with E-state index in [9.17, 15) is 13.2 Å². The molecule has 2 atom stereocenters. The summed E-state index contributed by atoms with van der Waals surface area (Å²) in [5.41, 5.74) is 0. The lowest BCUT2D eigenvalue weighted by atomic mass is 10.2. The molecule has 130 valence electrons. The molecule has 1 fully saturated rings. The van der Waals surface area contributed by atoms with E-state index in [0.717, 1.165) is 18.2 Å². The Kier molecular flexibility index (Phi) is 6.04. The second kappa shape index (κ2) is 7.63. The average Bonchev–Trinajstić information content (AvgIpc) is 3.04. The molecule has 0 unspecified atom stereocenters. The molecular weight excluding hydrogens is 340 g/mol. The number of quaternary nitrogens is 1. The van der Waals surface area contributed by atoms with E-state index in [1.54, 1.807) is 0 Å². The number of carbonyl (C=O) groups is 1. The van der Waals surface area contributed by atoms with Crippen molar-refractivity contribution < 1.29 is 22.5 Å². The van der Waals surface area contributed by atoms with Crippen LogP contribution in [0.5, 0.6) is 0 Å². The zero-order valence-corrected chi connectivity index (χ0v) is 15.2. The molecule has 2 heterocycles. The maximum absolute atomic E-state index is 11.9. The fourth-order valence-corrected chi connectivity index (χ4v) is 4.81. The third kappa shape index (κ3) is 5.18. The van der Waals surface area contributed by atoms with Crippen molar-refractivity contribution in [2.75, 3.05) is 31.4 Å². The van der Waals surface area contributed by atoms with Gasteiger partial charge in [-0.2, -0.15) is 0 Å². The molecule has 10 heteroatoms. The van der Waals surface area contributed by atoms with Crippen molar-refractivity contribution in [1.82, 2.24) is 15.5 Å². The van der Waals surface area contributed by atoms with Crippen LogP contribution in [0.25, 0.3) is 0 Å². The smallest absolute Gasteiger partial charge is 0.277 e. The van der Waals surface area contributed by atoms with Gasteiger partial charge in [0.15, 0.2) is 15.9 Å². The lowest BCUT2D eigenvalue weighted by Gasteiger charge is -2.15. The number of hydrogen-bond donors (Lipinski definition) is 2. The summed E-state index contributed by atoms with van der Waals surface area (Å²) in [6.07, 6.45) is 1.36. The van der Waals surface area contributed by atoms with Crippen molar-refractivity contribution in [2.24, 2.45) is 0 Å². The van der Waals surface area contributed by atoms with Crippen LogP contribution >= 0.6 is 11.8 Å². The van der Waals surface area contributed by atoms with Crippen molar-refractivity contribution in [3.05, 3.63) is 5.89 Å². The van der Waals surface area contributed by atoms with Gasteiger partial charge in [0.05, 0.1) is 31.4 Å². The van der Waals surface area contributed by atoms with Crippen LogP contribution in [0.4, 0.5) is 0 Å². The predicted molar refractivity (Wildman–Crippen MR) is 86.1 cm³/mol. The summed E-state index contributed by atoms with van der Waals surface area (Å²) in [4.78, 5) is 13.1. The number of nitrogens with one attached hydrogen (secondary N) is 2. The van der Waals surface area contributed by atoms with Crippen LogP contribution in [-0.2, 0) is 14.6 Å². The highest BCUT2D eigenvalue weighted by Crippen LogP contribution is 2.20. The first-order valence-corrected chi connectivity index (χ1v) is 10.4. The normalized spacial score (nSPS) is 21.5. The molecule has 0 saturated carbocycles. The fraction of sp³-hybridized carbons (Fsp3) is 0.769. The van der Waals surface area contributed by atoms with Crippen molar-refractivity contribution >= 4 is 27.5 Å². The molecule has 1 saturated heterocycles. The van der Waals surface area contributed by atoms with Gasteiger partial charge in [-0.25, -0.2) is 8.42 Å². The second-order valence-electron chi connectivity index (χ2n) is 5.90. The van der Waals surface area contributed by atoms with Crippen molar-refractivity contribution in [2.45, 2.75) is 37.1 Å². The van der Waals surface area contributed by atoms with Crippen LogP contribution < -0.4 is 10.2 Å². The maximum Gasteiger partial charge on any atom is 0.277 e. The molecule has 0 spiro atoms. The standard InChI is InChI=1S/C13H22N4O4S2/c1-4-10(17(2)3)12-15-16-13(21-12)22-7-11(18)14-9-5-6-23(19,20)8-9/h9-10H,4-8H2,1-3H3,(H,14,18)/p+1/t9-,10-/m1/s1. The molecule has 1 aromatic heterocycles. The van der Waals surface area contributed by atoms with E-state index in [0.29, 0.717) is 17.5 Å². The van der Waals surface area contributed by atoms with Crippen LogP contribution in [0.3, 0.4) is 0 Å². The highest BCUT2D eigenvalue weighted by atomic mass is 32.2. The Morgan fingerprint density at radius 2 is 2.22 bits per heavy atom. The summed E-state index contributed by atoms with van der Waals surface area (Å²) >= 11 is 1.16. The number of sulfone groups is 1. The number of aromatic nitrogens is 2. The predicted octanol–water partition coefficient (Wildman–Crippen LogP) is -0.939. The molecule has 0 aromatic carbocycles. The fourth-order valence-electron chi connectivity index (χ4n) is 2.55. The van der Waals surface area contributed by atoms with Crippen LogP contribution in [0.2, 0.25) is 0 Å². The van der Waals surface area contributed by atoms with Crippen molar-refractivity contribution in [3.63, 3.8) is 0 Å². The minimum absolute atomic E-state index is 0.0257. The molecule has 1 aliphatic rings. The molecular formula is C13H23N4O4S2+. The Bertz CT molecular complexity index is 644. The van der Waals surface area contributed by atoms with Gasteiger partial charge in [-0.15, -0.1) is 10.2 Å². The highest BCUT2D eigenvalue weighted by molar-refractivity contribution is 7.99. The van der Waals surface area contributed by atoms with E-state index in [4.69, 9.17) is 4.42 Å². The lowest BCUT2D eigenvalue weighted by molar-refractivity contribution is -0.894. The quantitative estimate of drug-likeness (QED) is 0.602. The van der Waals surface area contributed by atoms with Gasteiger partial charge in [-0.05, 0) is 6.42 Å². The summed E-state index contributed by atoms with van der Waals surface area (Å²) in [5, 5.41) is 11.1. The lowest BCUT2D eigenvalue weighted by Crippen LogP contribution is -3.06. The minimum Gasteiger partial charge on any atom is -0.410 e. The van der Waals surface area contributed by atoms with Gasteiger partial charge in [0.2, 0.25) is 5.91 Å². The topological polar surface area (TPSA) is 107 Å². The molecule has 2 N–H and O–H groups in total. The monoisotopic (exact) mass is 363 g/mol. The van der Waals surface area contributed by atoms with E-state index < -0.39 is 9.84 Å². The summed E-state index contributed by atoms with van der Waals surface area (Å²) in [7, 11) is 1.05. The SMILES string of the molecule is CC[C@H](c1nnc(SCC(=O)N[C@@H]2CCS(=O)(=O)C2)o1)[NH+](C)C. The van der Waals surface area contributed by atoms with Crippen molar-refractivity contribution in [1.29, 1.82) is 0 Å². The zero-order valence-electron chi connectivity index (χ0n) is 13.5. The molecule has 1 amide bonds. The molecule has 1 aliphatic heterocycles. The molecule has 0 aliphatic carbocycles. The number of amides is 1. The summed E-state index contributed by atoms with van der Waals surface area (Å²) in [6.45, 7) is 2.05. The van der Waals surface area contributed by atoms with Crippen molar-refractivity contribution in [3.8, 4) is 0 Å². The number of nitrogens with zero attached hydrogens (tertiary/aromatic N) is 2. The minimum atomic E-state index is -2.99. The van der Waals surface area contributed by atoms with Crippen LogP contribution in [0.15, 0.2) is 9.64 Å². The van der Waals surface area contributed by atoms with Crippen LogP contribution in [-0.4, -0.2) is 61.9 Å². The van der Waals surface area contributed by atoms with Crippen LogP contribution in [0, 0.1) is 0 Å².